The summed E-state index contributed by atoms with van der Waals surface area (Å²) in [6.45, 7) is 7.62. The Morgan fingerprint density at radius 2 is 1.80 bits per heavy atom. The summed E-state index contributed by atoms with van der Waals surface area (Å²) in [6.07, 6.45) is 11.2. The van der Waals surface area contributed by atoms with Gasteiger partial charge >= 0.3 is 6.09 Å². The average Bonchev–Trinajstić information content (AvgIpc) is 4.07. The number of nitrogens with one attached hydrogen (secondary N) is 3. The Kier molecular flexibility index (Phi) is 9.68. The second-order valence-corrected chi connectivity index (χ2v) is 20.1. The highest BCUT2D eigenvalue weighted by molar-refractivity contribution is 7.91. The highest BCUT2D eigenvalue weighted by Crippen LogP contribution is 2.48. The lowest BCUT2D eigenvalue weighted by atomic mass is 9.65. The van der Waals surface area contributed by atoms with Crippen molar-refractivity contribution in [2.75, 3.05) is 6.54 Å². The molecule has 4 amide bonds. The van der Waals surface area contributed by atoms with Gasteiger partial charge < -0.3 is 25.0 Å². The molecule has 4 heterocycles. The molecule has 2 aromatic rings. The van der Waals surface area contributed by atoms with Crippen LogP contribution in [0.25, 0.3) is 10.9 Å². The molecule has 5 atom stereocenters. The number of allylic oxidation sites excluding steroid dienone is 1. The van der Waals surface area contributed by atoms with E-state index in [2.05, 4.69) is 15.4 Å². The fourth-order valence-corrected chi connectivity index (χ4v) is 10.6. The second-order valence-electron chi connectivity index (χ2n) is 17.9. The first-order valence-corrected chi connectivity index (χ1v) is 22.0. The van der Waals surface area contributed by atoms with Crippen molar-refractivity contribution in [3.05, 3.63) is 47.7 Å². The summed E-state index contributed by atoms with van der Waals surface area (Å²) in [5, 5.41) is 6.92. The van der Waals surface area contributed by atoms with Crippen molar-refractivity contribution in [1.82, 2.24) is 25.2 Å². The van der Waals surface area contributed by atoms with Gasteiger partial charge in [0.25, 0.3) is 5.91 Å². The first kappa shape index (κ1) is 38.7. The van der Waals surface area contributed by atoms with Crippen molar-refractivity contribution in [3.8, 4) is 5.75 Å². The third-order valence-electron chi connectivity index (χ3n) is 13.7. The van der Waals surface area contributed by atoms with Gasteiger partial charge in [-0.3, -0.25) is 19.1 Å². The van der Waals surface area contributed by atoms with Crippen molar-refractivity contribution in [2.45, 2.75) is 151 Å². The molecule has 0 radical (unpaired) electrons. The number of aromatic nitrogens is 1. The van der Waals surface area contributed by atoms with Gasteiger partial charge in [-0.2, -0.15) is 0 Å². The van der Waals surface area contributed by atoms with E-state index in [0.717, 1.165) is 42.1 Å². The summed E-state index contributed by atoms with van der Waals surface area (Å²) in [5.74, 6) is -1.40. The topological polar surface area (TPSA) is 173 Å². The van der Waals surface area contributed by atoms with Crippen LogP contribution in [-0.2, 0) is 35.6 Å². The maximum atomic E-state index is 14.9. The fourth-order valence-electron chi connectivity index (χ4n) is 9.29. The van der Waals surface area contributed by atoms with Gasteiger partial charge in [0.1, 0.15) is 34.6 Å². The monoisotopic (exact) mass is 789 g/mol. The number of sulfonamides is 1. The fraction of sp³-hybridized carbons (Fsp3) is 0.643. The van der Waals surface area contributed by atoms with Crippen LogP contribution in [-0.4, -0.2) is 82.2 Å². The quantitative estimate of drug-likeness (QED) is 0.330. The van der Waals surface area contributed by atoms with E-state index in [9.17, 15) is 27.6 Å². The number of fused-ring (bicyclic) bond motifs is 5. The van der Waals surface area contributed by atoms with E-state index >= 15 is 0 Å². The Morgan fingerprint density at radius 3 is 2.50 bits per heavy atom. The van der Waals surface area contributed by atoms with Crippen LogP contribution in [0.5, 0.6) is 5.75 Å². The first-order chi connectivity index (χ1) is 26.6. The van der Waals surface area contributed by atoms with Crippen LogP contribution in [0.3, 0.4) is 0 Å². The molecule has 3 N–H and O–H groups in total. The third-order valence-corrected chi connectivity index (χ3v) is 15.9. The van der Waals surface area contributed by atoms with Gasteiger partial charge in [0.15, 0.2) is 0 Å². The number of ether oxygens (including phenoxy) is 2. The van der Waals surface area contributed by atoms with E-state index in [1.165, 1.54) is 4.90 Å². The summed E-state index contributed by atoms with van der Waals surface area (Å²) in [5.41, 5.74) is -0.405. The molecule has 302 valence electrons. The van der Waals surface area contributed by atoms with Gasteiger partial charge in [0, 0.05) is 23.3 Å². The van der Waals surface area contributed by atoms with Crippen LogP contribution in [0.15, 0.2) is 36.4 Å². The Morgan fingerprint density at radius 1 is 1.04 bits per heavy atom. The lowest BCUT2D eigenvalue weighted by Gasteiger charge is -2.48. The van der Waals surface area contributed by atoms with Crippen molar-refractivity contribution in [1.29, 1.82) is 0 Å². The molecule has 14 heteroatoms. The SMILES string of the molecule is Cc1nc2ccccc2c2c1OC1(CC2)CC2C(=O)NC3(C(=O)NS(=O)(=O)C4(C)CC4)CCC3C=CCCCCCC(NC(=O)OC3(C(C)C)CC3)C(=O)N2C1. The molecule has 1 aromatic heterocycles. The van der Waals surface area contributed by atoms with E-state index in [4.69, 9.17) is 14.5 Å². The lowest BCUT2D eigenvalue weighted by Crippen LogP contribution is -2.70. The Hall–Kier alpha value is -4.20. The Labute approximate surface area is 329 Å². The number of pyridine rings is 1. The summed E-state index contributed by atoms with van der Waals surface area (Å²) >= 11 is 0. The summed E-state index contributed by atoms with van der Waals surface area (Å²) < 4.78 is 40.8. The molecule has 3 aliphatic carbocycles. The van der Waals surface area contributed by atoms with E-state index < -0.39 is 73.3 Å². The maximum absolute atomic E-state index is 14.9. The van der Waals surface area contributed by atoms with Gasteiger partial charge in [-0.25, -0.2) is 18.2 Å². The van der Waals surface area contributed by atoms with Crippen LogP contribution in [0, 0.1) is 18.8 Å². The van der Waals surface area contributed by atoms with Crippen LogP contribution in [0.4, 0.5) is 4.79 Å². The van der Waals surface area contributed by atoms with Crippen molar-refractivity contribution in [3.63, 3.8) is 0 Å². The van der Waals surface area contributed by atoms with E-state index in [1.807, 2.05) is 57.2 Å². The number of aryl methyl sites for hydroxylation is 2. The molecule has 0 bridgehead atoms. The molecule has 1 spiro atoms. The number of carbonyl (C=O) groups is 4. The summed E-state index contributed by atoms with van der Waals surface area (Å²) in [4.78, 5) is 63.7. The predicted octanol–water partition coefficient (Wildman–Crippen LogP) is 5.28. The number of hydrogen-bond acceptors (Lipinski definition) is 9. The smallest absolute Gasteiger partial charge is 0.408 e. The minimum absolute atomic E-state index is 0.0774. The number of amides is 4. The second kappa shape index (κ2) is 14.0. The van der Waals surface area contributed by atoms with Crippen LogP contribution < -0.4 is 20.1 Å². The van der Waals surface area contributed by atoms with E-state index in [0.29, 0.717) is 62.8 Å². The number of benzene rings is 1. The number of para-hydroxylation sites is 1. The lowest BCUT2D eigenvalue weighted by molar-refractivity contribution is -0.144. The molecule has 3 saturated carbocycles. The van der Waals surface area contributed by atoms with E-state index in [-0.39, 0.29) is 25.3 Å². The number of nitrogens with zero attached hydrogens (tertiary/aromatic N) is 2. The van der Waals surface area contributed by atoms with E-state index in [1.54, 1.807) is 6.92 Å². The molecule has 3 aliphatic heterocycles. The number of rotatable bonds is 6. The largest absolute Gasteiger partial charge is 0.483 e. The molecular weight excluding hydrogens is 735 g/mol. The standard InChI is InChI=1S/C42H55N5O8S/c1-26(2)41(22-23-41)55-38(51)44-32-15-9-7-5-6-8-12-28-16-19-42(28,37(50)46-56(52,53)39(4)20-21-39)45-35(48)33-24-40(25-47(33)36(32)49)18-17-30-29-13-10-11-14-31(29)43-27(3)34(30)54-40/h8,10-14,26,28,32-33H,5-7,9,15-25H2,1-4H3,(H,44,51)(H,45,48)(H,46,50). The molecule has 5 unspecified atom stereocenters. The Bertz CT molecular complexity index is 2090. The van der Waals surface area contributed by atoms with Crippen molar-refractivity contribution < 1.29 is 37.1 Å². The zero-order valence-corrected chi connectivity index (χ0v) is 33.8. The molecule has 6 aliphatic rings. The van der Waals surface area contributed by atoms with Gasteiger partial charge in [-0.15, -0.1) is 0 Å². The summed E-state index contributed by atoms with van der Waals surface area (Å²) in [7, 11) is -3.99. The van der Waals surface area contributed by atoms with Crippen LogP contribution >= 0.6 is 0 Å². The molecule has 1 saturated heterocycles. The van der Waals surface area contributed by atoms with Gasteiger partial charge in [-0.05, 0) is 96.5 Å². The highest BCUT2D eigenvalue weighted by Gasteiger charge is 2.60. The van der Waals surface area contributed by atoms with Crippen LogP contribution in [0.1, 0.15) is 115 Å². The highest BCUT2D eigenvalue weighted by atomic mass is 32.2. The molecule has 4 fully saturated rings. The molecule has 8 rings (SSSR count). The van der Waals surface area contributed by atoms with Crippen LogP contribution in [0.2, 0.25) is 0 Å². The maximum Gasteiger partial charge on any atom is 0.408 e. The summed E-state index contributed by atoms with van der Waals surface area (Å²) in [6, 6.07) is 5.88. The number of hydrogen-bond donors (Lipinski definition) is 3. The molecular formula is C42H55N5O8S. The number of alkyl carbamates (subject to hydrolysis) is 1. The molecule has 13 nitrogen and oxygen atoms in total. The predicted molar refractivity (Wildman–Crippen MR) is 209 cm³/mol. The zero-order chi connectivity index (χ0) is 39.7. The zero-order valence-electron chi connectivity index (χ0n) is 32.9. The molecule has 56 heavy (non-hydrogen) atoms. The number of carbonyl (C=O) groups excluding carboxylic acids is 4. The Balaban J connectivity index is 1.14. The van der Waals surface area contributed by atoms with Gasteiger partial charge in [0.05, 0.1) is 22.5 Å². The average molecular weight is 790 g/mol. The minimum Gasteiger partial charge on any atom is -0.483 e. The third kappa shape index (κ3) is 6.83. The van der Waals surface area contributed by atoms with Gasteiger partial charge in [-0.1, -0.05) is 57.0 Å². The molecule has 1 aromatic carbocycles. The first-order valence-electron chi connectivity index (χ1n) is 20.5. The normalized spacial score (nSPS) is 30.7. The van der Waals surface area contributed by atoms with Crippen molar-refractivity contribution >= 4 is 44.7 Å². The van der Waals surface area contributed by atoms with Gasteiger partial charge in [0.2, 0.25) is 21.8 Å². The van der Waals surface area contributed by atoms with Crippen molar-refractivity contribution in [2.24, 2.45) is 11.8 Å². The minimum atomic E-state index is -3.99.